The minimum absolute atomic E-state index is 0.00588. The molecule has 9 rings (SSSR count). The molecule has 0 bridgehead atoms. The molecule has 2 aliphatic heterocycles. The molecule has 1 unspecified atom stereocenters. The summed E-state index contributed by atoms with van der Waals surface area (Å²) in [6.45, 7) is 4.93. The number of H-pyrrole nitrogens is 1. The number of amides is 2. The van der Waals surface area contributed by atoms with Crippen LogP contribution >= 0.6 is 12.2 Å². The molecule has 11 N–H and O–H groups in total. The fraction of sp³-hybridized carbons (Fsp3) is 0.236. The van der Waals surface area contributed by atoms with Crippen LogP contribution in [0.4, 0.5) is 17.1 Å². The van der Waals surface area contributed by atoms with Crippen LogP contribution in [0.25, 0.3) is 22.3 Å². The predicted molar refractivity (Wildman–Crippen MR) is 299 cm³/mol. The number of aromatic amines is 1. The minimum atomic E-state index is -4.17. The normalized spacial score (nSPS) is 15.4. The molecule has 2 aliphatic rings. The molecule has 80 heavy (non-hydrogen) atoms. The van der Waals surface area contributed by atoms with Crippen LogP contribution in [0, 0.1) is 5.92 Å². The molecular weight excluding hydrogens is 1070 g/mol. The van der Waals surface area contributed by atoms with Gasteiger partial charge in [0.25, 0.3) is 21.5 Å². The summed E-state index contributed by atoms with van der Waals surface area (Å²) >= 11 is 5.66. The number of benzene rings is 4. The minimum Gasteiger partial charge on any atom is -0.481 e. The van der Waals surface area contributed by atoms with E-state index in [1.54, 1.807) is 37.5 Å². The topological polar surface area (TPSA) is 346 Å². The summed E-state index contributed by atoms with van der Waals surface area (Å²) in [7, 11) is -4.17. The van der Waals surface area contributed by atoms with Crippen LogP contribution in [-0.2, 0) is 63.8 Å². The quantitative estimate of drug-likeness (QED) is 0.0228. The Hall–Kier alpha value is -9.49. The summed E-state index contributed by atoms with van der Waals surface area (Å²) in [5.74, 6) is -5.23. The highest BCUT2D eigenvalue weighted by molar-refractivity contribution is 7.92. The van der Waals surface area contributed by atoms with Crippen molar-refractivity contribution in [2.75, 3.05) is 10.0 Å². The Morgan fingerprint density at radius 2 is 1.70 bits per heavy atom. The molecule has 412 valence electrons. The fourth-order valence-corrected chi connectivity index (χ4v) is 10.8. The largest absolute Gasteiger partial charge is 0.481 e. The molecule has 0 aliphatic carbocycles. The number of carbonyl (C=O) groups is 5. The number of rotatable bonds is 19. The summed E-state index contributed by atoms with van der Waals surface area (Å²) in [4.78, 5) is 98.2. The van der Waals surface area contributed by atoms with Gasteiger partial charge in [-0.05, 0) is 103 Å². The molecule has 0 saturated carbocycles. The molecule has 23 nitrogen and oxygen atoms in total. The van der Waals surface area contributed by atoms with Crippen molar-refractivity contribution in [2.24, 2.45) is 22.4 Å². The van der Waals surface area contributed by atoms with Crippen LogP contribution in [0.3, 0.4) is 0 Å². The molecular formula is C55H54N12O11S2. The number of thiocarbonyl (C=S) groups is 1. The third kappa shape index (κ3) is 11.8. The van der Waals surface area contributed by atoms with Crippen molar-refractivity contribution in [3.05, 3.63) is 166 Å². The number of para-hydroxylation sites is 1. The van der Waals surface area contributed by atoms with Gasteiger partial charge in [0.05, 0.1) is 58.4 Å². The molecule has 0 fully saturated rings. The number of nitrogens with one attached hydrogen (secondary N) is 6. The van der Waals surface area contributed by atoms with Crippen LogP contribution in [0.1, 0.15) is 78.0 Å². The van der Waals surface area contributed by atoms with Gasteiger partial charge in [0.15, 0.2) is 11.1 Å². The zero-order chi connectivity index (χ0) is 57.0. The summed E-state index contributed by atoms with van der Waals surface area (Å²) in [6.07, 6.45) is 2.30. The van der Waals surface area contributed by atoms with Crippen molar-refractivity contribution in [1.29, 1.82) is 0 Å². The number of anilines is 2. The van der Waals surface area contributed by atoms with E-state index in [2.05, 4.69) is 40.9 Å². The third-order valence-electron chi connectivity index (χ3n) is 13.5. The molecule has 4 atom stereocenters. The van der Waals surface area contributed by atoms with E-state index in [9.17, 15) is 42.3 Å². The zero-order valence-corrected chi connectivity index (χ0v) is 44.8. The summed E-state index contributed by atoms with van der Waals surface area (Å²) < 4.78 is 42.4. The molecule has 3 aromatic heterocycles. The SMILES string of the molecule is CC[C@@]1(OC(=O)[C@@H](NC(=O)[C@H](Cc2cnc[nH]2)NC(=S)Nc2ccc(C(=O)NC(CC(=O)O)c3cccc(NS(=O)(=O)c4cccc(N=C(N)N)c4)c3)cc2)C(C)C)C(=O)OCc2c1cc1n(c2=O)Cc2cc3ccccc3nc2-1. The number of sulfonamides is 1. The smallest absolute Gasteiger partial charge is 0.355 e. The highest BCUT2D eigenvalue weighted by Crippen LogP contribution is 2.41. The Morgan fingerprint density at radius 1 is 0.938 bits per heavy atom. The van der Waals surface area contributed by atoms with Gasteiger partial charge in [0.2, 0.25) is 11.5 Å². The molecule has 25 heteroatoms. The lowest BCUT2D eigenvalue weighted by atomic mass is 9.85. The van der Waals surface area contributed by atoms with Gasteiger partial charge in [-0.15, -0.1) is 0 Å². The number of carboxylic acid groups (broad SMARTS) is 1. The number of nitrogens with zero attached hydrogens (tertiary/aromatic N) is 4. The van der Waals surface area contributed by atoms with E-state index in [4.69, 9.17) is 38.1 Å². The van der Waals surface area contributed by atoms with Crippen LogP contribution in [-0.4, -0.2) is 85.9 Å². The molecule has 2 amide bonds. The molecule has 0 saturated heterocycles. The van der Waals surface area contributed by atoms with Crippen LogP contribution in [0.15, 0.2) is 136 Å². The van der Waals surface area contributed by atoms with Gasteiger partial charge in [-0.2, -0.15) is 0 Å². The fourth-order valence-electron chi connectivity index (χ4n) is 9.50. The Bertz CT molecular complexity index is 3810. The van der Waals surface area contributed by atoms with Crippen LogP contribution in [0.5, 0.6) is 0 Å². The predicted octanol–water partition coefficient (Wildman–Crippen LogP) is 4.74. The molecule has 5 heterocycles. The monoisotopic (exact) mass is 1120 g/mol. The Balaban J connectivity index is 0.873. The Morgan fingerprint density at radius 3 is 2.41 bits per heavy atom. The molecule has 4 aromatic carbocycles. The summed E-state index contributed by atoms with van der Waals surface area (Å²) in [5, 5.41) is 22.2. The number of fused-ring (bicyclic) bond motifs is 5. The Kier molecular flexibility index (Phi) is 15.8. The number of hydrogen-bond donors (Lipinski definition) is 9. The number of carboxylic acids is 1. The lowest BCUT2D eigenvalue weighted by Crippen LogP contribution is -2.56. The van der Waals surface area contributed by atoms with Crippen LogP contribution in [0.2, 0.25) is 0 Å². The number of nitrogens with two attached hydrogens (primary N) is 2. The number of pyridine rings is 2. The molecule has 0 spiro atoms. The highest BCUT2D eigenvalue weighted by Gasteiger charge is 2.51. The first-order valence-electron chi connectivity index (χ1n) is 25.1. The zero-order valence-electron chi connectivity index (χ0n) is 43.2. The number of carbonyl (C=O) groups excluding carboxylic acids is 4. The number of aromatic nitrogens is 4. The van der Waals surface area contributed by atoms with Gasteiger partial charge < -0.3 is 56.9 Å². The number of hydrogen-bond acceptors (Lipinski definition) is 14. The summed E-state index contributed by atoms with van der Waals surface area (Å²) in [6, 6.07) is 25.1. The van der Waals surface area contributed by atoms with E-state index in [-0.39, 0.29) is 70.0 Å². The van der Waals surface area contributed by atoms with E-state index in [0.717, 1.165) is 10.9 Å². The lowest BCUT2D eigenvalue weighted by molar-refractivity contribution is -0.191. The highest BCUT2D eigenvalue weighted by atomic mass is 32.2. The van der Waals surface area contributed by atoms with Gasteiger partial charge in [0, 0.05) is 51.8 Å². The van der Waals surface area contributed by atoms with Crippen molar-refractivity contribution in [3.8, 4) is 11.4 Å². The number of aliphatic carboxylic acids is 1. The second kappa shape index (κ2) is 22.8. The van der Waals surface area contributed by atoms with Gasteiger partial charge in [-0.1, -0.05) is 57.2 Å². The average molecular weight is 1120 g/mol. The number of imidazole rings is 1. The van der Waals surface area contributed by atoms with Crippen molar-refractivity contribution in [2.45, 2.75) is 81.8 Å². The van der Waals surface area contributed by atoms with Crippen LogP contribution < -0.4 is 43.0 Å². The van der Waals surface area contributed by atoms with Crippen molar-refractivity contribution >= 4 is 91.0 Å². The van der Waals surface area contributed by atoms with E-state index in [1.165, 1.54) is 79.3 Å². The molecule has 0 radical (unpaired) electrons. The number of guanidine groups is 1. The maximum Gasteiger partial charge on any atom is 0.355 e. The number of aliphatic imine (C=N–C) groups is 1. The first kappa shape index (κ1) is 55.3. The lowest BCUT2D eigenvalue weighted by Gasteiger charge is -2.37. The third-order valence-corrected chi connectivity index (χ3v) is 15.1. The van der Waals surface area contributed by atoms with Crippen molar-refractivity contribution in [1.82, 2.24) is 35.5 Å². The maximum absolute atomic E-state index is 14.5. The molecule has 7 aromatic rings. The number of esters is 2. The Labute approximate surface area is 462 Å². The number of ether oxygens (including phenoxy) is 2. The van der Waals surface area contributed by atoms with E-state index in [1.807, 2.05) is 30.3 Å². The van der Waals surface area contributed by atoms with E-state index < -0.39 is 81.4 Å². The van der Waals surface area contributed by atoms with Gasteiger partial charge in [0.1, 0.15) is 18.7 Å². The average Bonchev–Trinajstić information content (AvgIpc) is 4.27. The van der Waals surface area contributed by atoms with E-state index >= 15 is 0 Å². The van der Waals surface area contributed by atoms with Gasteiger partial charge in [-0.25, -0.2) is 33.0 Å². The second-order valence-electron chi connectivity index (χ2n) is 19.3. The second-order valence-corrected chi connectivity index (χ2v) is 21.4. The van der Waals surface area contributed by atoms with Crippen molar-refractivity contribution < 1.29 is 47.0 Å². The van der Waals surface area contributed by atoms with Crippen molar-refractivity contribution in [3.63, 3.8) is 0 Å². The van der Waals surface area contributed by atoms with Gasteiger partial charge in [-0.3, -0.25) is 23.9 Å². The maximum atomic E-state index is 14.5. The van der Waals surface area contributed by atoms with E-state index in [0.29, 0.717) is 33.8 Å². The number of cyclic esters (lactones) is 1. The first-order valence-corrected chi connectivity index (χ1v) is 27.0. The first-order chi connectivity index (χ1) is 38.2. The van der Waals surface area contributed by atoms with Gasteiger partial charge >= 0.3 is 17.9 Å². The standard InChI is InChI=1S/C55H54N12O11S2/c1-4-55(40-23-44-47-33(19-31-9-5-6-14-41(31)62-47)26-67(44)50(72)39(40)27-77-52(55)74)78-51(73)46(29(2)3)65-49(71)43(22-37-25-58-28-59-37)64-54(79)61-34-17-15-30(16-18-34)48(70)63-42(24-45(68)69)32-10-7-12-36(20-32)66-80(75,76)38-13-8-11-35(21-38)60-53(56)57/h5-21,23,25,28-29,42-43,46,66H,4,22,24,26-27H2,1-3H3,(H,58,59)(H,63,70)(H,65,71)(H,68,69)(H4,56,57,60)(H2,61,64,79)/t42?,43-,46-,55-/m0/s1. The summed E-state index contributed by atoms with van der Waals surface area (Å²) in [5.41, 5.74) is 13.0.